The van der Waals surface area contributed by atoms with Crippen LogP contribution in [0.4, 0.5) is 79.0 Å². The number of rotatable bonds is 6. The van der Waals surface area contributed by atoms with Crippen molar-refractivity contribution in [2.45, 2.75) is 52.4 Å². The normalized spacial score (nSPS) is 12.5. The van der Waals surface area contributed by atoms with Crippen LogP contribution < -0.4 is 37.5 Å². The van der Waals surface area contributed by atoms with Gasteiger partial charge in [0.25, 0.3) is 13.4 Å². The van der Waals surface area contributed by atoms with E-state index in [0.717, 1.165) is 90.1 Å². The van der Waals surface area contributed by atoms with Gasteiger partial charge in [-0.05, 0) is 33.9 Å². The van der Waals surface area contributed by atoms with Crippen molar-refractivity contribution in [1.29, 1.82) is 0 Å². The Labute approximate surface area is 379 Å². The van der Waals surface area contributed by atoms with E-state index in [9.17, 15) is 26.3 Å². The van der Waals surface area contributed by atoms with Gasteiger partial charge in [0.1, 0.15) is 11.5 Å². The van der Waals surface area contributed by atoms with Crippen LogP contribution in [-0.2, 0) is 10.8 Å². The second-order valence-corrected chi connectivity index (χ2v) is 18.2. The van der Waals surface area contributed by atoms with Crippen LogP contribution in [0.5, 0.6) is 11.5 Å². The molecule has 0 aromatic heterocycles. The summed E-state index contributed by atoms with van der Waals surface area (Å²) in [4.78, 5) is 0. The summed E-state index contributed by atoms with van der Waals surface area (Å²) in [7, 11) is 0. The van der Waals surface area contributed by atoms with Crippen LogP contribution in [0.2, 0.25) is 0 Å². The van der Waals surface area contributed by atoms with E-state index in [1.54, 1.807) is 0 Å². The Hall–Kier alpha value is -6.53. The van der Waals surface area contributed by atoms with Gasteiger partial charge in [-0.2, -0.15) is 0 Å². The maximum atomic E-state index is 16.4. The van der Waals surface area contributed by atoms with Crippen molar-refractivity contribution in [3.05, 3.63) is 164 Å². The smallest absolute Gasteiger partial charge is 0.257 e. The molecule has 356 valence electrons. The Morgan fingerprint density at radius 2 is 0.696 bits per heavy atom. The highest BCUT2D eigenvalue weighted by Crippen LogP contribution is 2.46. The molecule has 21 heteroatoms. The van der Waals surface area contributed by atoms with Crippen molar-refractivity contribution >= 4 is 57.0 Å². The Morgan fingerprint density at radius 3 is 1.09 bits per heavy atom. The first-order valence-electron chi connectivity index (χ1n) is 20.2. The van der Waals surface area contributed by atoms with E-state index in [1.165, 1.54) is 0 Å². The van der Waals surface area contributed by atoms with E-state index < -0.39 is 179 Å². The van der Waals surface area contributed by atoms with Gasteiger partial charge in [0.2, 0.25) is 0 Å². The number of hydrogen-bond acceptors (Lipinski definition) is 1. The van der Waals surface area contributed by atoms with Crippen LogP contribution in [0, 0.1) is 105 Å². The van der Waals surface area contributed by atoms with Gasteiger partial charge in [0.05, 0.1) is 0 Å². The highest BCUT2D eigenvalue weighted by molar-refractivity contribution is 6.97. The van der Waals surface area contributed by atoms with E-state index in [-0.39, 0.29) is 27.6 Å². The maximum Gasteiger partial charge on any atom is 0.257 e. The Morgan fingerprint density at radius 1 is 0.348 bits per heavy atom. The lowest BCUT2D eigenvalue weighted by atomic mass is 9.35. The van der Waals surface area contributed by atoms with Crippen LogP contribution in [-0.4, -0.2) is 13.4 Å². The van der Waals surface area contributed by atoms with Crippen molar-refractivity contribution in [3.63, 3.8) is 0 Å². The first-order valence-corrected chi connectivity index (χ1v) is 20.2. The fourth-order valence-corrected chi connectivity index (χ4v) is 8.91. The molecule has 1 heterocycles. The van der Waals surface area contributed by atoms with Crippen molar-refractivity contribution in [3.8, 4) is 22.6 Å². The zero-order chi connectivity index (χ0) is 51.0. The van der Waals surface area contributed by atoms with Gasteiger partial charge in [-0.15, -0.1) is 0 Å². The highest BCUT2D eigenvalue weighted by atomic mass is 19.2. The van der Waals surface area contributed by atoms with Crippen molar-refractivity contribution in [1.82, 2.24) is 0 Å². The van der Waals surface area contributed by atoms with E-state index in [4.69, 9.17) is 4.74 Å². The SMILES string of the molecule is CC(C)(C)c1c(F)c(F)c(B(c2ccc3c(c2)Oc2cccc4c(B(c5c(F)c(F)c(F)c(F)c5F)c5c(F)c(F)c(C(C)(C)C)c(F)c5F)ccc-3c24)c2c(F)c(F)c(F)c(F)c2F)c(F)c1F. The molecule has 1 nitrogen and oxygen atoms in total. The molecule has 69 heavy (non-hydrogen) atoms. The first-order chi connectivity index (χ1) is 32.1. The van der Waals surface area contributed by atoms with Gasteiger partial charge in [0.15, 0.2) is 105 Å². The molecule has 0 spiro atoms. The molecule has 0 saturated heterocycles. The molecule has 0 aliphatic carbocycles. The molecule has 0 fully saturated rings. The fraction of sp³-hybridized carbons (Fsp3) is 0.167. The molecule has 0 atom stereocenters. The van der Waals surface area contributed by atoms with Crippen LogP contribution in [0.15, 0.2) is 48.5 Å². The summed E-state index contributed by atoms with van der Waals surface area (Å²) in [6, 6.07) is 7.61. The number of benzene rings is 7. The minimum absolute atomic E-state index is 0.0774. The van der Waals surface area contributed by atoms with Crippen LogP contribution in [0.25, 0.3) is 21.9 Å². The average molecular weight is 982 g/mol. The van der Waals surface area contributed by atoms with E-state index in [2.05, 4.69) is 0 Å². The molecule has 0 unspecified atom stereocenters. The van der Waals surface area contributed by atoms with Gasteiger partial charge < -0.3 is 4.74 Å². The highest BCUT2D eigenvalue weighted by Gasteiger charge is 2.45. The average Bonchev–Trinajstić information content (AvgIpc) is 3.28. The molecule has 1 aliphatic heterocycles. The third kappa shape index (κ3) is 7.22. The molecule has 7 aromatic carbocycles. The molecule has 0 bridgehead atoms. The first kappa shape index (κ1) is 48.9. The predicted octanol–water partition coefficient (Wildman–Crippen LogP) is 10.7. The van der Waals surface area contributed by atoms with Crippen LogP contribution >= 0.6 is 0 Å². The third-order valence-electron chi connectivity index (χ3n) is 11.9. The summed E-state index contributed by atoms with van der Waals surface area (Å²) in [5.74, 6) is -44.7. The van der Waals surface area contributed by atoms with E-state index in [0.29, 0.717) is 0 Å². The molecular formula is C48H26B2F18O. The Balaban J connectivity index is 1.41. The zero-order valence-corrected chi connectivity index (χ0v) is 36.0. The summed E-state index contributed by atoms with van der Waals surface area (Å²) in [6.07, 6.45) is 0. The molecule has 0 saturated carbocycles. The Bertz CT molecular complexity index is 3280. The molecule has 0 amide bonds. The van der Waals surface area contributed by atoms with E-state index in [1.807, 2.05) is 0 Å². The number of halogens is 18. The summed E-state index contributed by atoms with van der Waals surface area (Å²) >= 11 is 0. The second-order valence-electron chi connectivity index (χ2n) is 18.2. The summed E-state index contributed by atoms with van der Waals surface area (Å²) < 4.78 is 286. The standard InChI is InChI=1S/C48H26B2F18O/c1-47(2,3)23-29(51)33(55)25(34(56)30(23)52)49(26-37(59)41(63)45(67)42(64)38(26)60)15-10-11-16-17-12-13-19(18-8-7-9-20(22(17)18)69-21(16)14-15)50(28-39(61)43(65)46(68)44(66)40(28)62)27-35(57)31(53)24(48(4,5)6)32(54)36(27)58/h7-14H,1-6H3. The van der Waals surface area contributed by atoms with Crippen molar-refractivity contribution in [2.75, 3.05) is 0 Å². The number of fused-ring (bicyclic) bond motifs is 2. The monoisotopic (exact) mass is 982 g/mol. The molecule has 8 rings (SSSR count). The maximum absolute atomic E-state index is 16.4. The molecular weight excluding hydrogens is 956 g/mol. The zero-order valence-electron chi connectivity index (χ0n) is 36.0. The lowest BCUT2D eigenvalue weighted by Gasteiger charge is -2.28. The van der Waals surface area contributed by atoms with Crippen LogP contribution in [0.1, 0.15) is 52.7 Å². The quantitative estimate of drug-likeness (QED) is 0.0698. The summed E-state index contributed by atoms with van der Waals surface area (Å²) in [5, 5.41) is -0.603. The van der Waals surface area contributed by atoms with Gasteiger partial charge in [-0.25, -0.2) is 79.0 Å². The molecule has 0 radical (unpaired) electrons. The largest absolute Gasteiger partial charge is 0.456 e. The van der Waals surface area contributed by atoms with Crippen molar-refractivity contribution in [2.24, 2.45) is 0 Å². The second kappa shape index (κ2) is 16.6. The summed E-state index contributed by atoms with van der Waals surface area (Å²) in [5.41, 5.74) is -15.1. The predicted molar refractivity (Wildman–Crippen MR) is 221 cm³/mol. The number of hydrogen-bond donors (Lipinski definition) is 0. The van der Waals surface area contributed by atoms with Crippen molar-refractivity contribution < 1.29 is 83.8 Å². The lowest BCUT2D eigenvalue weighted by Crippen LogP contribution is -2.58. The molecule has 1 aliphatic rings. The molecule has 7 aromatic rings. The fourth-order valence-electron chi connectivity index (χ4n) is 8.91. The van der Waals surface area contributed by atoms with Gasteiger partial charge in [0, 0.05) is 43.9 Å². The van der Waals surface area contributed by atoms with Gasteiger partial charge in [-0.1, -0.05) is 88.9 Å². The minimum atomic E-state index is -2.89. The van der Waals surface area contributed by atoms with Gasteiger partial charge >= 0.3 is 0 Å². The minimum Gasteiger partial charge on any atom is -0.456 e. The molecule has 0 N–H and O–H groups in total. The lowest BCUT2D eigenvalue weighted by molar-refractivity contribution is 0.384. The Kier molecular flexibility index (Phi) is 11.7. The van der Waals surface area contributed by atoms with E-state index >= 15 is 52.7 Å². The topological polar surface area (TPSA) is 9.23 Å². The summed E-state index contributed by atoms with van der Waals surface area (Å²) in [6.45, 7) is 1.13. The third-order valence-corrected chi connectivity index (χ3v) is 11.9. The number of ether oxygens (including phenoxy) is 1. The van der Waals surface area contributed by atoms with Crippen LogP contribution in [0.3, 0.4) is 0 Å². The van der Waals surface area contributed by atoms with Gasteiger partial charge in [-0.3, -0.25) is 0 Å².